The number of carbonyl (C=O) groups excluding carboxylic acids is 2. The van der Waals surface area contributed by atoms with Crippen LogP contribution in [-0.4, -0.2) is 39.7 Å². The third-order valence-corrected chi connectivity index (χ3v) is 8.46. The molecular weight excluding hydrogens is 497 g/mol. The number of hydrogen-bond acceptors (Lipinski definition) is 4. The first kappa shape index (κ1) is 23.1. The molecule has 6 rings (SSSR count). The monoisotopic (exact) mass is 519 g/mol. The van der Waals surface area contributed by atoms with E-state index in [1.807, 2.05) is 22.4 Å². The Labute approximate surface area is 217 Å². The number of thiazole rings is 1. The highest BCUT2D eigenvalue weighted by Crippen LogP contribution is 2.34. The number of halogens is 2. The lowest BCUT2D eigenvalue weighted by molar-refractivity contribution is 0.0708. The van der Waals surface area contributed by atoms with Gasteiger partial charge in [0.25, 0.3) is 11.8 Å². The van der Waals surface area contributed by atoms with Crippen molar-refractivity contribution in [2.75, 3.05) is 13.1 Å². The summed E-state index contributed by atoms with van der Waals surface area (Å²) in [5.74, 6) is -0.889. The maximum Gasteiger partial charge on any atom is 0.273 e. The average molecular weight is 520 g/mol. The molecule has 0 spiro atoms. The molecule has 1 saturated heterocycles. The van der Waals surface area contributed by atoms with Gasteiger partial charge < -0.3 is 9.80 Å². The summed E-state index contributed by atoms with van der Waals surface area (Å²) in [6, 6.07) is 16.7. The predicted octanol–water partition coefficient (Wildman–Crippen LogP) is 6.26. The molecule has 0 N–H and O–H groups in total. The van der Waals surface area contributed by atoms with E-state index in [0.29, 0.717) is 44.7 Å². The van der Waals surface area contributed by atoms with Gasteiger partial charge in [0, 0.05) is 37.5 Å². The smallest absolute Gasteiger partial charge is 0.273 e. The van der Waals surface area contributed by atoms with Crippen molar-refractivity contribution in [3.8, 4) is 0 Å². The van der Waals surface area contributed by atoms with Crippen molar-refractivity contribution in [2.45, 2.75) is 31.8 Å². The van der Waals surface area contributed by atoms with Crippen LogP contribution >= 0.6 is 22.9 Å². The molecule has 0 bridgehead atoms. The molecule has 8 heteroatoms. The van der Waals surface area contributed by atoms with Gasteiger partial charge in [0.1, 0.15) is 11.5 Å². The summed E-state index contributed by atoms with van der Waals surface area (Å²) >= 11 is 7.58. The highest BCUT2D eigenvalue weighted by molar-refractivity contribution is 7.09. The highest BCUT2D eigenvalue weighted by Gasteiger charge is 2.30. The normalized spacial score (nSPS) is 15.9. The number of likely N-dealkylation sites (tertiary alicyclic amines) is 1. The van der Waals surface area contributed by atoms with Crippen molar-refractivity contribution in [3.05, 3.63) is 98.2 Å². The summed E-state index contributed by atoms with van der Waals surface area (Å²) in [5.41, 5.74) is 2.71. The Hall–Kier alpha value is -3.29. The van der Waals surface area contributed by atoms with E-state index < -0.39 is 5.82 Å². The molecule has 0 atom stereocenters. The molecular formula is C28H23ClFN3O2S. The van der Waals surface area contributed by atoms with Crippen molar-refractivity contribution in [3.63, 3.8) is 0 Å². The van der Waals surface area contributed by atoms with Gasteiger partial charge in [0.15, 0.2) is 0 Å². The van der Waals surface area contributed by atoms with E-state index in [2.05, 4.69) is 24.3 Å². The van der Waals surface area contributed by atoms with E-state index in [1.54, 1.807) is 4.90 Å². The van der Waals surface area contributed by atoms with E-state index in [4.69, 9.17) is 16.6 Å². The lowest BCUT2D eigenvalue weighted by Crippen LogP contribution is -2.38. The Morgan fingerprint density at radius 1 is 0.917 bits per heavy atom. The van der Waals surface area contributed by atoms with Gasteiger partial charge in [-0.25, -0.2) is 9.37 Å². The van der Waals surface area contributed by atoms with Crippen LogP contribution in [0.3, 0.4) is 0 Å². The quantitative estimate of drug-likeness (QED) is 0.321. The van der Waals surface area contributed by atoms with Crippen LogP contribution in [0.1, 0.15) is 55.7 Å². The van der Waals surface area contributed by atoms with Gasteiger partial charge in [0.2, 0.25) is 0 Å². The van der Waals surface area contributed by atoms with E-state index in [-0.39, 0.29) is 28.3 Å². The molecule has 3 aromatic carbocycles. The number of piperidine rings is 1. The molecule has 0 aliphatic carbocycles. The molecule has 0 unspecified atom stereocenters. The van der Waals surface area contributed by atoms with Crippen LogP contribution in [0.15, 0.2) is 60.0 Å². The Kier molecular flexibility index (Phi) is 5.97. The van der Waals surface area contributed by atoms with Crippen molar-refractivity contribution in [2.24, 2.45) is 0 Å². The second kappa shape index (κ2) is 9.30. The van der Waals surface area contributed by atoms with Gasteiger partial charge in [-0.3, -0.25) is 9.59 Å². The highest BCUT2D eigenvalue weighted by atomic mass is 35.5. The summed E-state index contributed by atoms with van der Waals surface area (Å²) < 4.78 is 14.2. The molecule has 2 amide bonds. The third kappa shape index (κ3) is 4.06. The zero-order valence-corrected chi connectivity index (χ0v) is 21.0. The molecule has 2 aliphatic heterocycles. The number of hydrogen-bond donors (Lipinski definition) is 0. The Morgan fingerprint density at radius 2 is 1.58 bits per heavy atom. The van der Waals surface area contributed by atoms with Crippen LogP contribution in [0, 0.1) is 5.82 Å². The van der Waals surface area contributed by atoms with Gasteiger partial charge in [-0.05, 0) is 46.9 Å². The fraction of sp³-hybridized carbons (Fsp3) is 0.250. The van der Waals surface area contributed by atoms with Crippen LogP contribution in [0.25, 0.3) is 10.8 Å². The maximum absolute atomic E-state index is 14.2. The number of carbonyl (C=O) groups is 2. The lowest BCUT2D eigenvalue weighted by Gasteiger charge is -2.31. The van der Waals surface area contributed by atoms with E-state index >= 15 is 0 Å². The van der Waals surface area contributed by atoms with Gasteiger partial charge in [0.05, 0.1) is 15.6 Å². The summed E-state index contributed by atoms with van der Waals surface area (Å²) in [7, 11) is 0. The van der Waals surface area contributed by atoms with Crippen LogP contribution in [-0.2, 0) is 13.1 Å². The van der Waals surface area contributed by atoms with E-state index in [9.17, 15) is 14.0 Å². The van der Waals surface area contributed by atoms with E-state index in [1.165, 1.54) is 40.3 Å². The Bertz CT molecular complexity index is 1430. The topological polar surface area (TPSA) is 53.5 Å². The second-order valence-electron chi connectivity index (χ2n) is 9.33. The molecule has 1 aromatic heterocycles. The Morgan fingerprint density at radius 3 is 2.25 bits per heavy atom. The van der Waals surface area contributed by atoms with Crippen LogP contribution in [0.5, 0.6) is 0 Å². The lowest BCUT2D eigenvalue weighted by atomic mass is 9.95. The Balaban J connectivity index is 1.13. The van der Waals surface area contributed by atoms with Gasteiger partial charge in [-0.15, -0.1) is 11.3 Å². The molecule has 4 aromatic rings. The number of aromatic nitrogens is 1. The molecule has 36 heavy (non-hydrogen) atoms. The summed E-state index contributed by atoms with van der Waals surface area (Å²) in [6.45, 7) is 2.12. The molecule has 0 saturated carbocycles. The number of rotatable bonds is 3. The molecule has 0 radical (unpaired) electrons. The average Bonchev–Trinajstić information content (AvgIpc) is 3.39. The van der Waals surface area contributed by atoms with Gasteiger partial charge in [-0.1, -0.05) is 54.1 Å². The first-order valence-corrected chi connectivity index (χ1v) is 13.2. The van der Waals surface area contributed by atoms with Crippen LogP contribution in [0.2, 0.25) is 5.02 Å². The predicted molar refractivity (Wildman–Crippen MR) is 139 cm³/mol. The molecule has 2 aliphatic rings. The zero-order chi connectivity index (χ0) is 24.8. The minimum atomic E-state index is -0.603. The molecule has 1 fully saturated rings. The summed E-state index contributed by atoms with van der Waals surface area (Å²) in [5, 5.41) is 5.34. The molecule has 182 valence electrons. The first-order valence-electron chi connectivity index (χ1n) is 12.0. The number of benzene rings is 3. The zero-order valence-electron chi connectivity index (χ0n) is 19.4. The SMILES string of the molecule is O=C(c1csc(C2CCN(C(=O)c3c(F)cccc3Cl)CC2)n1)N1Cc2cccc3cccc(c23)C1. The van der Waals surface area contributed by atoms with Crippen LogP contribution < -0.4 is 0 Å². The summed E-state index contributed by atoms with van der Waals surface area (Å²) in [4.78, 5) is 34.4. The largest absolute Gasteiger partial charge is 0.338 e. The first-order chi connectivity index (χ1) is 17.5. The van der Waals surface area contributed by atoms with Gasteiger partial charge >= 0.3 is 0 Å². The maximum atomic E-state index is 14.2. The summed E-state index contributed by atoms with van der Waals surface area (Å²) in [6.07, 6.45) is 1.41. The minimum absolute atomic E-state index is 0.0641. The van der Waals surface area contributed by atoms with Crippen molar-refractivity contribution in [1.82, 2.24) is 14.8 Å². The van der Waals surface area contributed by atoms with Crippen molar-refractivity contribution < 1.29 is 14.0 Å². The minimum Gasteiger partial charge on any atom is -0.338 e. The fourth-order valence-corrected chi connectivity index (χ4v) is 6.51. The number of amides is 2. The van der Waals surface area contributed by atoms with Gasteiger partial charge in [-0.2, -0.15) is 0 Å². The van der Waals surface area contributed by atoms with E-state index in [0.717, 1.165) is 16.1 Å². The molecule has 3 heterocycles. The van der Waals surface area contributed by atoms with Crippen molar-refractivity contribution >= 4 is 45.5 Å². The molecule has 5 nitrogen and oxygen atoms in total. The van der Waals surface area contributed by atoms with Crippen LogP contribution in [0.4, 0.5) is 4.39 Å². The second-order valence-corrected chi connectivity index (χ2v) is 10.6. The third-order valence-electron chi connectivity index (χ3n) is 7.14. The standard InChI is InChI=1S/C28H23ClFN3O2S/c29-21-8-3-9-22(30)25(21)28(35)32-12-10-18(11-13-32)26-31-23(16-36-26)27(34)33-14-19-6-1-4-17-5-2-7-20(15-33)24(17)19/h1-9,16,18H,10-15H2. The van der Waals surface area contributed by atoms with Crippen molar-refractivity contribution in [1.29, 1.82) is 0 Å². The number of nitrogens with zero attached hydrogens (tertiary/aromatic N) is 3. The fourth-order valence-electron chi connectivity index (χ4n) is 5.30.